The van der Waals surface area contributed by atoms with Gasteiger partial charge in [0.15, 0.2) is 0 Å². The molecule has 0 atom stereocenters. The molecule has 0 spiro atoms. The summed E-state index contributed by atoms with van der Waals surface area (Å²) in [6.07, 6.45) is 3.48. The number of rotatable bonds is 4. The van der Waals surface area contributed by atoms with Gasteiger partial charge < -0.3 is 0 Å². The van der Waals surface area contributed by atoms with Crippen LogP contribution in [-0.4, -0.2) is 9.07 Å². The van der Waals surface area contributed by atoms with Crippen LogP contribution < -0.4 is 0 Å². The van der Waals surface area contributed by atoms with Crippen LogP contribution in [0.3, 0.4) is 0 Å². The monoisotopic (exact) mass is 254 g/mol. The lowest BCUT2D eigenvalue weighted by molar-refractivity contribution is 0.855. The Morgan fingerprint density at radius 3 is 2.50 bits per heavy atom. The van der Waals surface area contributed by atoms with Crippen molar-refractivity contribution in [2.75, 3.05) is 0 Å². The fourth-order valence-electron chi connectivity index (χ4n) is 1.57. The standard InChI is InChI=1S/C12H12Cl2N2/c13-8-11-9-15-12(16(11)14)7-6-10-4-2-1-3-5-10/h1-5,9H,6-8H2. The number of aryl methyl sites for hydroxylation is 2. The molecule has 0 aliphatic rings. The van der Waals surface area contributed by atoms with Crippen molar-refractivity contribution in [1.29, 1.82) is 0 Å². The molecule has 1 heterocycles. The van der Waals surface area contributed by atoms with Gasteiger partial charge in [0.05, 0.1) is 17.8 Å². The van der Waals surface area contributed by atoms with Gasteiger partial charge in [-0.25, -0.2) is 9.07 Å². The van der Waals surface area contributed by atoms with Gasteiger partial charge in [-0.2, -0.15) is 0 Å². The van der Waals surface area contributed by atoms with Gasteiger partial charge in [0, 0.05) is 18.2 Å². The lowest BCUT2D eigenvalue weighted by Gasteiger charge is -2.01. The quantitative estimate of drug-likeness (QED) is 0.765. The maximum absolute atomic E-state index is 6.06. The molecule has 0 aliphatic heterocycles. The Balaban J connectivity index is 2.02. The van der Waals surface area contributed by atoms with Gasteiger partial charge in [0.2, 0.25) is 0 Å². The zero-order valence-electron chi connectivity index (χ0n) is 8.74. The van der Waals surface area contributed by atoms with Crippen molar-refractivity contribution in [1.82, 2.24) is 9.07 Å². The minimum absolute atomic E-state index is 0.391. The molecule has 0 saturated carbocycles. The van der Waals surface area contributed by atoms with E-state index in [9.17, 15) is 0 Å². The summed E-state index contributed by atoms with van der Waals surface area (Å²) >= 11 is 11.8. The van der Waals surface area contributed by atoms with Crippen LogP contribution in [0.1, 0.15) is 17.1 Å². The largest absolute Gasteiger partial charge is 0.241 e. The highest BCUT2D eigenvalue weighted by Crippen LogP contribution is 2.12. The zero-order chi connectivity index (χ0) is 11.4. The Hall–Kier alpha value is -0.990. The Morgan fingerprint density at radius 2 is 1.88 bits per heavy atom. The van der Waals surface area contributed by atoms with Gasteiger partial charge in [0.25, 0.3) is 0 Å². The van der Waals surface area contributed by atoms with E-state index in [1.165, 1.54) is 5.56 Å². The molecule has 84 valence electrons. The van der Waals surface area contributed by atoms with E-state index in [0.29, 0.717) is 5.88 Å². The molecule has 1 aromatic carbocycles. The van der Waals surface area contributed by atoms with Crippen LogP contribution in [0.15, 0.2) is 36.5 Å². The molecule has 0 amide bonds. The number of nitrogens with zero attached hydrogens (tertiary/aromatic N) is 2. The van der Waals surface area contributed by atoms with Crippen molar-refractivity contribution in [3.8, 4) is 0 Å². The highest BCUT2D eigenvalue weighted by Gasteiger charge is 2.07. The van der Waals surface area contributed by atoms with Gasteiger partial charge in [-0.1, -0.05) is 30.3 Å². The van der Waals surface area contributed by atoms with E-state index in [1.54, 1.807) is 10.3 Å². The number of hydrogen-bond acceptors (Lipinski definition) is 1. The molecule has 2 rings (SSSR count). The minimum Gasteiger partial charge on any atom is -0.241 e. The minimum atomic E-state index is 0.391. The second-order valence-corrected chi connectivity index (χ2v) is 4.17. The Labute approximate surface area is 105 Å². The van der Waals surface area contributed by atoms with Crippen LogP contribution in [0.25, 0.3) is 0 Å². The van der Waals surface area contributed by atoms with Gasteiger partial charge in [0.1, 0.15) is 5.82 Å². The third-order valence-electron chi connectivity index (χ3n) is 2.46. The highest BCUT2D eigenvalue weighted by molar-refractivity contribution is 6.19. The van der Waals surface area contributed by atoms with E-state index in [0.717, 1.165) is 24.4 Å². The van der Waals surface area contributed by atoms with Crippen molar-refractivity contribution in [3.63, 3.8) is 0 Å². The first-order chi connectivity index (χ1) is 7.81. The SMILES string of the molecule is ClCc1cnc(CCc2ccccc2)n1Cl. The average molecular weight is 255 g/mol. The number of benzene rings is 1. The zero-order valence-corrected chi connectivity index (χ0v) is 10.2. The molecule has 1 aromatic heterocycles. The predicted molar refractivity (Wildman–Crippen MR) is 66.9 cm³/mol. The topological polar surface area (TPSA) is 17.8 Å². The summed E-state index contributed by atoms with van der Waals surface area (Å²) in [4.78, 5) is 4.25. The third-order valence-corrected chi connectivity index (χ3v) is 3.14. The smallest absolute Gasteiger partial charge is 0.124 e. The molecule has 0 saturated heterocycles. The Bertz CT molecular complexity index is 451. The Morgan fingerprint density at radius 1 is 1.12 bits per heavy atom. The van der Waals surface area contributed by atoms with Crippen LogP contribution in [-0.2, 0) is 18.7 Å². The molecule has 4 heteroatoms. The summed E-state index contributed by atoms with van der Waals surface area (Å²) in [7, 11) is 0. The second-order valence-electron chi connectivity index (χ2n) is 3.57. The van der Waals surface area contributed by atoms with E-state index in [-0.39, 0.29) is 0 Å². The lowest BCUT2D eigenvalue weighted by atomic mass is 10.1. The molecular formula is C12H12Cl2N2. The Kier molecular flexibility index (Phi) is 3.86. The van der Waals surface area contributed by atoms with Crippen LogP contribution in [0.5, 0.6) is 0 Å². The lowest BCUT2D eigenvalue weighted by Crippen LogP contribution is -1.98. The number of hydrogen-bond donors (Lipinski definition) is 0. The molecule has 2 nitrogen and oxygen atoms in total. The van der Waals surface area contributed by atoms with Gasteiger partial charge in [-0.3, -0.25) is 0 Å². The van der Waals surface area contributed by atoms with Gasteiger partial charge >= 0.3 is 0 Å². The van der Waals surface area contributed by atoms with E-state index < -0.39 is 0 Å². The summed E-state index contributed by atoms with van der Waals surface area (Å²) in [6, 6.07) is 10.3. The van der Waals surface area contributed by atoms with E-state index in [1.807, 2.05) is 18.2 Å². The number of alkyl halides is 1. The van der Waals surface area contributed by atoms with Crippen molar-refractivity contribution in [3.05, 3.63) is 53.6 Å². The van der Waals surface area contributed by atoms with Crippen molar-refractivity contribution in [2.45, 2.75) is 18.7 Å². The van der Waals surface area contributed by atoms with Crippen molar-refractivity contribution < 1.29 is 0 Å². The number of aromatic nitrogens is 2. The van der Waals surface area contributed by atoms with Gasteiger partial charge in [-0.15, -0.1) is 11.6 Å². The molecular weight excluding hydrogens is 243 g/mol. The maximum Gasteiger partial charge on any atom is 0.124 e. The summed E-state index contributed by atoms with van der Waals surface area (Å²) in [6.45, 7) is 0. The van der Waals surface area contributed by atoms with E-state index in [2.05, 4.69) is 17.1 Å². The van der Waals surface area contributed by atoms with E-state index >= 15 is 0 Å². The van der Waals surface area contributed by atoms with E-state index in [4.69, 9.17) is 23.4 Å². The number of imidazole rings is 1. The molecule has 16 heavy (non-hydrogen) atoms. The molecule has 2 aromatic rings. The molecule has 0 N–H and O–H groups in total. The highest BCUT2D eigenvalue weighted by atomic mass is 35.5. The first kappa shape index (κ1) is 11.5. The van der Waals surface area contributed by atoms with Gasteiger partial charge in [-0.05, 0) is 12.0 Å². The molecule has 0 fully saturated rings. The molecule has 0 unspecified atom stereocenters. The average Bonchev–Trinajstić information content (AvgIpc) is 2.69. The first-order valence-corrected chi connectivity index (χ1v) is 6.00. The fraction of sp³-hybridized carbons (Fsp3) is 0.250. The second kappa shape index (κ2) is 5.37. The summed E-state index contributed by atoms with van der Waals surface area (Å²) in [5.41, 5.74) is 2.13. The summed E-state index contributed by atoms with van der Waals surface area (Å²) in [5.74, 6) is 1.25. The third kappa shape index (κ3) is 2.57. The van der Waals surface area contributed by atoms with Crippen LogP contribution in [0, 0.1) is 0 Å². The first-order valence-electron chi connectivity index (χ1n) is 5.13. The van der Waals surface area contributed by atoms with Crippen LogP contribution in [0.2, 0.25) is 0 Å². The van der Waals surface area contributed by atoms with Crippen molar-refractivity contribution >= 4 is 23.4 Å². The molecule has 0 aliphatic carbocycles. The fourth-order valence-corrected chi connectivity index (χ4v) is 2.05. The van der Waals surface area contributed by atoms with Crippen LogP contribution in [0.4, 0.5) is 0 Å². The maximum atomic E-state index is 6.06. The predicted octanol–water partition coefficient (Wildman–Crippen LogP) is 3.41. The normalized spacial score (nSPS) is 10.6. The van der Waals surface area contributed by atoms with Crippen molar-refractivity contribution in [2.24, 2.45) is 0 Å². The summed E-state index contributed by atoms with van der Waals surface area (Å²) in [5, 5.41) is 0. The number of halogens is 2. The molecule has 0 bridgehead atoms. The summed E-state index contributed by atoms with van der Waals surface area (Å²) < 4.78 is 1.55. The van der Waals surface area contributed by atoms with Crippen LogP contribution >= 0.6 is 23.4 Å². The molecule has 0 radical (unpaired) electrons.